The molecule has 3 rings (SSSR count). The molecule has 0 radical (unpaired) electrons. The standard InChI is InChI=1S/C17H26N4O3/c1-24-8-7-21-17(23)10-15(11-18-21)20-6-2-3-13(12-20)9-16(22)19-14-4-5-14/h10-11,13-14H,2-9,12H2,1H3,(H,19,22). The fraction of sp³-hybridized carbons (Fsp3) is 0.706. The van der Waals surface area contributed by atoms with Crippen LogP contribution < -0.4 is 15.8 Å². The molecule has 24 heavy (non-hydrogen) atoms. The molecule has 1 aromatic heterocycles. The number of hydrogen-bond donors (Lipinski definition) is 1. The molecule has 1 aromatic rings. The molecule has 1 atom stereocenters. The minimum Gasteiger partial charge on any atom is -0.383 e. The van der Waals surface area contributed by atoms with Crippen LogP contribution in [0, 0.1) is 5.92 Å². The smallest absolute Gasteiger partial charge is 0.268 e. The number of carbonyl (C=O) groups excluding carboxylic acids is 1. The van der Waals surface area contributed by atoms with Gasteiger partial charge in [-0.25, -0.2) is 4.68 Å². The van der Waals surface area contributed by atoms with Crippen molar-refractivity contribution in [3.05, 3.63) is 22.6 Å². The number of anilines is 1. The molecule has 1 aliphatic heterocycles. The summed E-state index contributed by atoms with van der Waals surface area (Å²) >= 11 is 0. The quantitative estimate of drug-likeness (QED) is 0.797. The van der Waals surface area contributed by atoms with E-state index >= 15 is 0 Å². The van der Waals surface area contributed by atoms with E-state index in [1.165, 1.54) is 4.68 Å². The van der Waals surface area contributed by atoms with E-state index in [0.29, 0.717) is 31.5 Å². The van der Waals surface area contributed by atoms with Crippen molar-refractivity contribution in [2.75, 3.05) is 31.7 Å². The third-order valence-electron chi connectivity index (χ3n) is 4.66. The Morgan fingerprint density at radius 1 is 1.42 bits per heavy atom. The van der Waals surface area contributed by atoms with E-state index in [-0.39, 0.29) is 11.5 Å². The van der Waals surface area contributed by atoms with Crippen molar-refractivity contribution in [2.45, 2.75) is 44.7 Å². The summed E-state index contributed by atoms with van der Waals surface area (Å²) in [6.45, 7) is 2.64. The Kier molecular flexibility index (Phi) is 5.50. The van der Waals surface area contributed by atoms with Crippen molar-refractivity contribution >= 4 is 11.6 Å². The van der Waals surface area contributed by atoms with Gasteiger partial charge in [-0.05, 0) is 31.6 Å². The van der Waals surface area contributed by atoms with Crippen LogP contribution >= 0.6 is 0 Å². The molecular formula is C17H26N4O3. The van der Waals surface area contributed by atoms with Gasteiger partial charge in [0.25, 0.3) is 5.56 Å². The first-order valence-electron chi connectivity index (χ1n) is 8.76. The summed E-state index contributed by atoms with van der Waals surface area (Å²) < 4.78 is 6.40. The molecule has 0 aromatic carbocycles. The minimum absolute atomic E-state index is 0.113. The fourth-order valence-electron chi connectivity index (χ4n) is 3.19. The lowest BCUT2D eigenvalue weighted by Gasteiger charge is -2.34. The Morgan fingerprint density at radius 2 is 2.25 bits per heavy atom. The number of nitrogens with zero attached hydrogens (tertiary/aromatic N) is 3. The van der Waals surface area contributed by atoms with Crippen molar-refractivity contribution in [3.63, 3.8) is 0 Å². The third kappa shape index (κ3) is 4.56. The van der Waals surface area contributed by atoms with E-state index in [1.807, 2.05) is 0 Å². The second kappa shape index (κ2) is 7.79. The van der Waals surface area contributed by atoms with Crippen LogP contribution in [0.2, 0.25) is 0 Å². The molecule has 0 bridgehead atoms. The van der Waals surface area contributed by atoms with E-state index < -0.39 is 0 Å². The Labute approximate surface area is 142 Å². The summed E-state index contributed by atoms with van der Waals surface area (Å²) in [7, 11) is 1.60. The highest BCUT2D eigenvalue weighted by atomic mass is 16.5. The number of hydrogen-bond acceptors (Lipinski definition) is 5. The molecule has 1 unspecified atom stereocenters. The number of ether oxygens (including phenoxy) is 1. The van der Waals surface area contributed by atoms with Crippen LogP contribution in [0.4, 0.5) is 5.69 Å². The third-order valence-corrected chi connectivity index (χ3v) is 4.66. The van der Waals surface area contributed by atoms with Gasteiger partial charge < -0.3 is 15.0 Å². The summed E-state index contributed by atoms with van der Waals surface area (Å²) in [6, 6.07) is 2.05. The monoisotopic (exact) mass is 334 g/mol. The van der Waals surface area contributed by atoms with Crippen molar-refractivity contribution in [3.8, 4) is 0 Å². The molecule has 1 amide bonds. The van der Waals surface area contributed by atoms with Gasteiger partial charge in [0.05, 0.1) is 25.0 Å². The molecule has 1 N–H and O–H groups in total. The maximum absolute atomic E-state index is 12.1. The highest BCUT2D eigenvalue weighted by Crippen LogP contribution is 2.25. The molecule has 1 saturated carbocycles. The maximum Gasteiger partial charge on any atom is 0.268 e. The van der Waals surface area contributed by atoms with Crippen LogP contribution in [0.1, 0.15) is 32.1 Å². The maximum atomic E-state index is 12.1. The van der Waals surface area contributed by atoms with Gasteiger partial charge in [0.2, 0.25) is 5.91 Å². The summed E-state index contributed by atoms with van der Waals surface area (Å²) in [4.78, 5) is 26.3. The number of nitrogens with one attached hydrogen (secondary N) is 1. The zero-order valence-corrected chi connectivity index (χ0v) is 14.2. The van der Waals surface area contributed by atoms with Crippen LogP contribution in [-0.4, -0.2) is 48.5 Å². The summed E-state index contributed by atoms with van der Waals surface area (Å²) in [5.74, 6) is 0.505. The number of rotatable bonds is 7. The molecule has 0 spiro atoms. The second-order valence-electron chi connectivity index (χ2n) is 6.77. The van der Waals surface area contributed by atoms with Gasteiger partial charge in [0, 0.05) is 38.7 Å². The predicted octanol–water partition coefficient (Wildman–Crippen LogP) is 0.775. The number of piperidine rings is 1. The van der Waals surface area contributed by atoms with Gasteiger partial charge in [-0.15, -0.1) is 0 Å². The SMILES string of the molecule is COCCn1ncc(N2CCCC(CC(=O)NC3CC3)C2)cc1=O. The minimum atomic E-state index is -0.113. The molecule has 132 valence electrons. The van der Waals surface area contributed by atoms with Gasteiger partial charge >= 0.3 is 0 Å². The van der Waals surface area contributed by atoms with Gasteiger partial charge in [0.1, 0.15) is 0 Å². The van der Waals surface area contributed by atoms with Gasteiger partial charge in [-0.2, -0.15) is 5.10 Å². The predicted molar refractivity (Wildman–Crippen MR) is 91.1 cm³/mol. The molecule has 2 heterocycles. The highest BCUT2D eigenvalue weighted by molar-refractivity contribution is 5.77. The normalized spacial score (nSPS) is 20.9. The number of amides is 1. The highest BCUT2D eigenvalue weighted by Gasteiger charge is 2.27. The zero-order chi connectivity index (χ0) is 16.9. The molecule has 1 saturated heterocycles. The molecule has 7 nitrogen and oxygen atoms in total. The lowest BCUT2D eigenvalue weighted by molar-refractivity contribution is -0.122. The van der Waals surface area contributed by atoms with Crippen molar-refractivity contribution < 1.29 is 9.53 Å². The Bertz CT molecular complexity index is 627. The van der Waals surface area contributed by atoms with E-state index in [2.05, 4.69) is 15.3 Å². The average molecular weight is 334 g/mol. The zero-order valence-electron chi connectivity index (χ0n) is 14.2. The summed E-state index contributed by atoms with van der Waals surface area (Å²) in [5.41, 5.74) is 0.735. The summed E-state index contributed by atoms with van der Waals surface area (Å²) in [6.07, 6.45) is 6.65. The fourth-order valence-corrected chi connectivity index (χ4v) is 3.19. The van der Waals surface area contributed by atoms with Gasteiger partial charge in [-0.3, -0.25) is 9.59 Å². The Balaban J connectivity index is 1.58. The molecule has 1 aliphatic carbocycles. The average Bonchev–Trinajstić information content (AvgIpc) is 3.37. The van der Waals surface area contributed by atoms with E-state index in [0.717, 1.165) is 44.5 Å². The molecule has 7 heteroatoms. The number of methoxy groups -OCH3 is 1. The van der Waals surface area contributed by atoms with Crippen LogP contribution in [0.3, 0.4) is 0 Å². The lowest BCUT2D eigenvalue weighted by atomic mass is 9.94. The van der Waals surface area contributed by atoms with Crippen molar-refractivity contribution in [1.29, 1.82) is 0 Å². The Hall–Kier alpha value is -1.89. The Morgan fingerprint density at radius 3 is 2.96 bits per heavy atom. The molecular weight excluding hydrogens is 308 g/mol. The topological polar surface area (TPSA) is 76.5 Å². The summed E-state index contributed by atoms with van der Waals surface area (Å²) in [5, 5.41) is 7.28. The first kappa shape index (κ1) is 17.0. The first-order valence-corrected chi connectivity index (χ1v) is 8.76. The second-order valence-corrected chi connectivity index (χ2v) is 6.77. The van der Waals surface area contributed by atoms with Crippen molar-refractivity contribution in [1.82, 2.24) is 15.1 Å². The molecule has 2 fully saturated rings. The molecule has 2 aliphatic rings. The van der Waals surface area contributed by atoms with Crippen molar-refractivity contribution in [2.24, 2.45) is 5.92 Å². The number of aromatic nitrogens is 2. The largest absolute Gasteiger partial charge is 0.383 e. The van der Waals surface area contributed by atoms with Crippen LogP contribution in [0.15, 0.2) is 17.1 Å². The van der Waals surface area contributed by atoms with Crippen LogP contribution in [0.25, 0.3) is 0 Å². The van der Waals surface area contributed by atoms with E-state index in [9.17, 15) is 9.59 Å². The van der Waals surface area contributed by atoms with E-state index in [1.54, 1.807) is 19.4 Å². The van der Waals surface area contributed by atoms with E-state index in [4.69, 9.17) is 4.74 Å². The van der Waals surface area contributed by atoms with Gasteiger partial charge in [0.15, 0.2) is 0 Å². The van der Waals surface area contributed by atoms with Crippen LogP contribution in [-0.2, 0) is 16.1 Å². The van der Waals surface area contributed by atoms with Crippen LogP contribution in [0.5, 0.6) is 0 Å². The first-order chi connectivity index (χ1) is 11.7. The van der Waals surface area contributed by atoms with Gasteiger partial charge in [-0.1, -0.05) is 0 Å². The number of carbonyl (C=O) groups is 1. The lowest BCUT2D eigenvalue weighted by Crippen LogP contribution is -2.39.